The molecule has 0 aliphatic carbocycles. The first kappa shape index (κ1) is 29.8. The number of halogens is 4. The summed E-state index contributed by atoms with van der Waals surface area (Å²) in [5, 5.41) is 0. The van der Waals surface area contributed by atoms with E-state index in [0.29, 0.717) is 26.2 Å². The molecule has 1 aliphatic rings. The minimum Gasteiger partial charge on any atom is -0.496 e. The van der Waals surface area contributed by atoms with Gasteiger partial charge in [0.1, 0.15) is 12.4 Å². The Bertz CT molecular complexity index is 1910. The first-order valence-corrected chi connectivity index (χ1v) is 13.8. The highest BCUT2D eigenvalue weighted by Gasteiger charge is 2.33. The van der Waals surface area contributed by atoms with Gasteiger partial charge in [0, 0.05) is 11.6 Å². The third kappa shape index (κ3) is 5.70. The number of thiazole rings is 1. The van der Waals surface area contributed by atoms with Crippen LogP contribution in [-0.2, 0) is 16.1 Å². The molecule has 1 aliphatic heterocycles. The minimum absolute atomic E-state index is 0.0914. The van der Waals surface area contributed by atoms with E-state index in [2.05, 4.69) is 4.99 Å². The number of carbonyl (C=O) groups excluding carboxylic acids is 1. The first-order chi connectivity index (χ1) is 20.6. The molecule has 0 unspecified atom stereocenters. The zero-order valence-electron chi connectivity index (χ0n) is 23.1. The monoisotopic (exact) mass is 612 g/mol. The van der Waals surface area contributed by atoms with E-state index in [-0.39, 0.29) is 29.6 Å². The second-order valence-electron chi connectivity index (χ2n) is 9.37. The number of nitrogens with zero attached hydrogens (tertiary/aromatic N) is 2. The van der Waals surface area contributed by atoms with Crippen LogP contribution in [-0.4, -0.2) is 24.3 Å². The average molecular weight is 613 g/mol. The van der Waals surface area contributed by atoms with Crippen LogP contribution >= 0.6 is 11.3 Å². The summed E-state index contributed by atoms with van der Waals surface area (Å²) in [6, 6.07) is 13.1. The molecule has 222 valence electrons. The van der Waals surface area contributed by atoms with Crippen molar-refractivity contribution in [2.24, 2.45) is 4.99 Å². The molecule has 1 aromatic heterocycles. The summed E-state index contributed by atoms with van der Waals surface area (Å²) >= 11 is 1.12. The second kappa shape index (κ2) is 12.3. The Morgan fingerprint density at radius 2 is 1.74 bits per heavy atom. The molecule has 0 radical (unpaired) electrons. The van der Waals surface area contributed by atoms with Gasteiger partial charge in [-0.1, -0.05) is 47.7 Å². The normalized spacial score (nSPS) is 14.8. The Kier molecular flexibility index (Phi) is 8.49. The van der Waals surface area contributed by atoms with Crippen molar-refractivity contribution in [2.75, 3.05) is 13.7 Å². The first-order valence-electron chi connectivity index (χ1n) is 13.0. The SMILES string of the molecule is CCOC(=O)C1=C(C)N=c2sc(=Cc3ccc(OC)c(COc4c(F)c(F)cc(F)c4F)c3)c(=O)n2[C@H]1c1ccccc1. The third-order valence-electron chi connectivity index (χ3n) is 6.68. The number of rotatable bonds is 8. The molecule has 12 heteroatoms. The summed E-state index contributed by atoms with van der Waals surface area (Å²) < 4.78 is 73.0. The predicted octanol–water partition coefficient (Wildman–Crippen LogP) is 4.94. The van der Waals surface area contributed by atoms with E-state index in [1.807, 2.05) is 18.2 Å². The van der Waals surface area contributed by atoms with Crippen molar-refractivity contribution in [2.45, 2.75) is 26.5 Å². The summed E-state index contributed by atoms with van der Waals surface area (Å²) in [5.41, 5.74) is 1.76. The molecule has 43 heavy (non-hydrogen) atoms. The Labute approximate surface area is 246 Å². The molecule has 0 saturated carbocycles. The number of benzene rings is 3. The molecule has 1 atom stereocenters. The fourth-order valence-electron chi connectivity index (χ4n) is 4.72. The zero-order valence-corrected chi connectivity index (χ0v) is 23.9. The van der Waals surface area contributed by atoms with Crippen molar-refractivity contribution >= 4 is 23.4 Å². The van der Waals surface area contributed by atoms with Crippen LogP contribution < -0.4 is 24.4 Å². The maximum atomic E-state index is 14.1. The summed E-state index contributed by atoms with van der Waals surface area (Å²) in [6.45, 7) is 3.03. The zero-order chi connectivity index (χ0) is 30.8. The Morgan fingerprint density at radius 1 is 1.05 bits per heavy atom. The summed E-state index contributed by atoms with van der Waals surface area (Å²) in [5.74, 6) is -8.03. The highest BCUT2D eigenvalue weighted by molar-refractivity contribution is 7.07. The van der Waals surface area contributed by atoms with Crippen LogP contribution in [0.5, 0.6) is 11.5 Å². The largest absolute Gasteiger partial charge is 0.496 e. The molecule has 0 bridgehead atoms. The van der Waals surface area contributed by atoms with Gasteiger partial charge in [-0.3, -0.25) is 9.36 Å². The van der Waals surface area contributed by atoms with Crippen LogP contribution in [0.2, 0.25) is 0 Å². The van der Waals surface area contributed by atoms with Crippen molar-refractivity contribution in [3.05, 3.63) is 126 Å². The van der Waals surface area contributed by atoms with E-state index in [9.17, 15) is 27.2 Å². The van der Waals surface area contributed by atoms with Crippen molar-refractivity contribution in [1.82, 2.24) is 4.57 Å². The van der Waals surface area contributed by atoms with Gasteiger partial charge in [-0.25, -0.2) is 18.6 Å². The standard InChI is InChI=1S/C31H24F4N2O5S/c1-4-41-30(39)24-16(2)36-31-37(27(24)18-8-6-5-7-9-18)29(38)23(43-31)13-17-10-11-22(40-3)19(12-17)15-42-28-25(34)20(32)14-21(33)26(28)35/h5-14,27H,4,15H2,1-3H3/t27-/m0/s1. The smallest absolute Gasteiger partial charge is 0.338 e. The molecule has 0 saturated heterocycles. The average Bonchev–Trinajstić information content (AvgIpc) is 3.29. The van der Waals surface area contributed by atoms with Gasteiger partial charge in [-0.05, 0) is 43.2 Å². The quantitative estimate of drug-likeness (QED) is 0.160. The highest BCUT2D eigenvalue weighted by Crippen LogP contribution is 2.31. The number of allylic oxidation sites excluding steroid dienone is 1. The van der Waals surface area contributed by atoms with Gasteiger partial charge in [0.15, 0.2) is 22.2 Å². The molecule has 0 N–H and O–H groups in total. The molecule has 2 heterocycles. The number of esters is 1. The molecule has 0 spiro atoms. The van der Waals surface area contributed by atoms with Crippen LogP contribution in [0, 0.1) is 23.3 Å². The molecule has 3 aromatic carbocycles. The van der Waals surface area contributed by atoms with Gasteiger partial charge in [-0.15, -0.1) is 0 Å². The van der Waals surface area contributed by atoms with Gasteiger partial charge in [-0.2, -0.15) is 8.78 Å². The second-order valence-corrected chi connectivity index (χ2v) is 10.4. The minimum atomic E-state index is -1.67. The summed E-state index contributed by atoms with van der Waals surface area (Å²) in [6.07, 6.45) is 1.58. The Hall–Kier alpha value is -4.71. The van der Waals surface area contributed by atoms with Crippen LogP contribution in [0.1, 0.15) is 36.6 Å². The highest BCUT2D eigenvalue weighted by atomic mass is 32.1. The van der Waals surface area contributed by atoms with E-state index >= 15 is 0 Å². The van der Waals surface area contributed by atoms with Crippen molar-refractivity contribution in [1.29, 1.82) is 0 Å². The lowest BCUT2D eigenvalue weighted by Gasteiger charge is -2.24. The molecular formula is C31H24F4N2O5S. The van der Waals surface area contributed by atoms with E-state index in [0.717, 1.165) is 11.3 Å². The van der Waals surface area contributed by atoms with Crippen molar-refractivity contribution in [3.63, 3.8) is 0 Å². The number of aromatic nitrogens is 1. The summed E-state index contributed by atoms with van der Waals surface area (Å²) in [4.78, 5) is 31.7. The molecule has 7 nitrogen and oxygen atoms in total. The molecule has 5 rings (SSSR count). The third-order valence-corrected chi connectivity index (χ3v) is 7.66. The molecule has 4 aromatic rings. The number of hydrogen-bond donors (Lipinski definition) is 0. The van der Waals surface area contributed by atoms with Gasteiger partial charge in [0.25, 0.3) is 5.56 Å². The molecule has 0 fully saturated rings. The van der Waals surface area contributed by atoms with Crippen LogP contribution in [0.25, 0.3) is 6.08 Å². The number of fused-ring (bicyclic) bond motifs is 1. The van der Waals surface area contributed by atoms with E-state index in [1.54, 1.807) is 50.3 Å². The van der Waals surface area contributed by atoms with Gasteiger partial charge >= 0.3 is 5.97 Å². The van der Waals surface area contributed by atoms with Crippen LogP contribution in [0.3, 0.4) is 0 Å². The maximum Gasteiger partial charge on any atom is 0.338 e. The molecular weight excluding hydrogens is 588 g/mol. The lowest BCUT2D eigenvalue weighted by atomic mass is 9.96. The van der Waals surface area contributed by atoms with Crippen LogP contribution in [0.4, 0.5) is 17.6 Å². The Balaban J connectivity index is 1.57. The maximum absolute atomic E-state index is 14.1. The topological polar surface area (TPSA) is 79.1 Å². The number of hydrogen-bond acceptors (Lipinski definition) is 7. The van der Waals surface area contributed by atoms with Gasteiger partial charge < -0.3 is 14.2 Å². The van der Waals surface area contributed by atoms with Crippen molar-refractivity contribution in [3.8, 4) is 11.5 Å². The fourth-order valence-corrected chi connectivity index (χ4v) is 5.77. The Morgan fingerprint density at radius 3 is 2.40 bits per heavy atom. The number of carbonyl (C=O) groups is 1. The van der Waals surface area contributed by atoms with Crippen LogP contribution in [0.15, 0.2) is 75.7 Å². The van der Waals surface area contributed by atoms with E-state index < -0.39 is 53.2 Å². The number of ether oxygens (including phenoxy) is 3. The van der Waals surface area contributed by atoms with Crippen molar-refractivity contribution < 1.29 is 36.6 Å². The molecule has 0 amide bonds. The summed E-state index contributed by atoms with van der Waals surface area (Å²) in [7, 11) is 1.37. The lowest BCUT2D eigenvalue weighted by molar-refractivity contribution is -0.139. The fraction of sp³-hybridized carbons (Fsp3) is 0.194. The van der Waals surface area contributed by atoms with E-state index in [1.165, 1.54) is 11.7 Å². The van der Waals surface area contributed by atoms with Gasteiger partial charge in [0.2, 0.25) is 11.6 Å². The predicted molar refractivity (Wildman–Crippen MR) is 150 cm³/mol. The van der Waals surface area contributed by atoms with E-state index in [4.69, 9.17) is 14.2 Å². The number of methoxy groups -OCH3 is 1. The lowest BCUT2D eigenvalue weighted by Crippen LogP contribution is -2.39. The van der Waals surface area contributed by atoms with Gasteiger partial charge in [0.05, 0.1) is 35.6 Å².